The maximum Gasteiger partial charge on any atom is 0.342 e. The van der Waals surface area contributed by atoms with Crippen LogP contribution in [0, 0.1) is 0 Å². The number of nitrogens with one attached hydrogen (secondary N) is 2. The molecule has 4 atom stereocenters. The number of aromatic nitrogens is 2. The van der Waals surface area contributed by atoms with Gasteiger partial charge in [0.2, 0.25) is 0 Å². The van der Waals surface area contributed by atoms with Gasteiger partial charge in [-0.2, -0.15) is 0 Å². The number of hydrogen-bond acceptors (Lipinski definition) is 10. The van der Waals surface area contributed by atoms with Gasteiger partial charge in [0.25, 0.3) is 0 Å². The first kappa shape index (κ1) is 47.1. The molecule has 2 aromatic heterocycles. The number of benzene rings is 2. The molecule has 2 aliphatic carbocycles. The van der Waals surface area contributed by atoms with Crippen LogP contribution in [-0.2, 0) is 57.5 Å². The summed E-state index contributed by atoms with van der Waals surface area (Å²) in [6.45, 7) is 16.2. The maximum absolute atomic E-state index is 12.8. The van der Waals surface area contributed by atoms with Crippen LogP contribution in [0.1, 0.15) is 135 Å². The number of pyridine rings is 2. The Balaban J connectivity index is 0.000000256. The maximum atomic E-state index is 12.8. The van der Waals surface area contributed by atoms with Crippen molar-refractivity contribution in [1.29, 1.82) is 0 Å². The minimum atomic E-state index is -1.27. The molecule has 0 radical (unpaired) electrons. The fourth-order valence-corrected chi connectivity index (χ4v) is 8.16. The molecule has 15 heteroatoms. The number of carbonyl (C=O) groups is 2. The molecular weight excluding hydrogens is 793 g/mol. The number of hydrogen-bond donors (Lipinski definition) is 2. The largest absolute Gasteiger partial charge is 0.486 e. The van der Waals surface area contributed by atoms with Gasteiger partial charge in [0.1, 0.15) is 24.3 Å². The van der Waals surface area contributed by atoms with Gasteiger partial charge in [-0.15, -0.1) is 0 Å². The van der Waals surface area contributed by atoms with Crippen molar-refractivity contribution in [2.45, 2.75) is 116 Å². The van der Waals surface area contributed by atoms with Gasteiger partial charge < -0.3 is 24.4 Å². The summed E-state index contributed by atoms with van der Waals surface area (Å²) in [5.74, 6) is -0.100. The van der Waals surface area contributed by atoms with E-state index < -0.39 is 43.4 Å². The predicted octanol–water partition coefficient (Wildman–Crippen LogP) is 6.93. The minimum absolute atomic E-state index is 0. The van der Waals surface area contributed by atoms with Crippen LogP contribution in [0.2, 0.25) is 0 Å². The number of esters is 2. The lowest BCUT2D eigenvalue weighted by atomic mass is 10.0. The summed E-state index contributed by atoms with van der Waals surface area (Å²) >= 11 is 0. The molecule has 2 aliphatic rings. The Hall–Kier alpha value is -4.54. The topological polar surface area (TPSA) is 187 Å². The first-order valence-corrected chi connectivity index (χ1v) is 22.0. The average molecular weight is 851 g/mol. The highest BCUT2D eigenvalue weighted by molar-refractivity contribution is 7.84. The SMILES string of the molecule is CCOC(=O)c1c(OCc2ccccc2)cnc2c1[C@H](N[S@@](=O)C(C)(C)C)CC2.CCOC(=O)c1c(OCc2ccccc2)cnc2c1[C@H](N[S@@](=O)C(C)(C)C)CC2.O. The third-order valence-electron chi connectivity index (χ3n) is 9.41. The Bertz CT molecular complexity index is 1940. The highest BCUT2D eigenvalue weighted by Crippen LogP contribution is 2.40. The number of nitrogens with zero attached hydrogens (tertiary/aromatic N) is 2. The number of carbonyl (C=O) groups excluding carboxylic acids is 2. The van der Waals surface area contributed by atoms with E-state index in [1.807, 2.05) is 102 Å². The van der Waals surface area contributed by atoms with Gasteiger partial charge in [-0.3, -0.25) is 9.97 Å². The van der Waals surface area contributed by atoms with Crippen LogP contribution in [0.4, 0.5) is 0 Å². The molecule has 320 valence electrons. The molecule has 0 saturated carbocycles. The second-order valence-corrected chi connectivity index (χ2v) is 19.9. The van der Waals surface area contributed by atoms with Crippen LogP contribution in [-0.4, -0.2) is 58.5 Å². The van der Waals surface area contributed by atoms with E-state index in [1.165, 1.54) is 0 Å². The molecule has 2 heterocycles. The van der Waals surface area contributed by atoms with Crippen LogP contribution in [0.25, 0.3) is 0 Å². The normalized spacial score (nSPS) is 16.6. The standard InChI is InChI=1S/2C22H28N2O4S.H2O/c2*1-5-27-21(25)20-18(28-14-15-9-7-6-8-10-15)13-23-16-11-12-17(19(16)20)24-29(26)22(2,3)4;/h2*6-10,13,17,24H,5,11-12,14H2,1-4H3;1H2/t2*17-,29+;/m11./s1. The van der Waals surface area contributed by atoms with E-state index in [1.54, 1.807) is 26.2 Å². The number of rotatable bonds is 14. The third-order valence-corrected chi connectivity index (χ3v) is 12.6. The first-order chi connectivity index (χ1) is 27.6. The highest BCUT2D eigenvalue weighted by atomic mass is 32.2. The van der Waals surface area contributed by atoms with Crippen LogP contribution in [0.5, 0.6) is 11.5 Å². The summed E-state index contributed by atoms with van der Waals surface area (Å²) in [6, 6.07) is 19.0. The molecule has 0 amide bonds. The second-order valence-electron chi connectivity index (χ2n) is 15.9. The molecule has 0 saturated heterocycles. The van der Waals surface area contributed by atoms with Gasteiger partial charge in [0, 0.05) is 34.6 Å². The molecule has 0 aliphatic heterocycles. The van der Waals surface area contributed by atoms with Gasteiger partial charge in [-0.05, 0) is 92.2 Å². The van der Waals surface area contributed by atoms with Gasteiger partial charge in [0.05, 0.1) is 57.1 Å². The Morgan fingerprint density at radius 1 is 0.644 bits per heavy atom. The molecule has 0 unspecified atom stereocenters. The summed E-state index contributed by atoms with van der Waals surface area (Å²) in [6.07, 6.45) is 6.05. The number of aryl methyl sites for hydroxylation is 2. The van der Waals surface area contributed by atoms with E-state index >= 15 is 0 Å². The summed E-state index contributed by atoms with van der Waals surface area (Å²) in [7, 11) is -2.54. The average Bonchev–Trinajstić information content (AvgIpc) is 3.80. The lowest BCUT2D eigenvalue weighted by Crippen LogP contribution is -2.35. The lowest BCUT2D eigenvalue weighted by Gasteiger charge is -2.23. The monoisotopic (exact) mass is 850 g/mol. The summed E-state index contributed by atoms with van der Waals surface area (Å²) in [5.41, 5.74) is 5.88. The zero-order valence-corrected chi connectivity index (χ0v) is 36.8. The predicted molar refractivity (Wildman–Crippen MR) is 230 cm³/mol. The van der Waals surface area contributed by atoms with Gasteiger partial charge in [-0.1, -0.05) is 60.7 Å². The van der Waals surface area contributed by atoms with Crippen molar-refractivity contribution in [3.05, 3.63) is 118 Å². The van der Waals surface area contributed by atoms with Gasteiger partial charge >= 0.3 is 11.9 Å². The minimum Gasteiger partial charge on any atom is -0.486 e. The first-order valence-electron chi connectivity index (χ1n) is 19.7. The molecule has 2 aromatic carbocycles. The van der Waals surface area contributed by atoms with Crippen LogP contribution in [0.15, 0.2) is 73.1 Å². The van der Waals surface area contributed by atoms with Gasteiger partial charge in [0.15, 0.2) is 11.5 Å². The fourth-order valence-electron chi connectivity index (χ4n) is 6.46. The molecule has 13 nitrogen and oxygen atoms in total. The molecule has 4 N–H and O–H groups in total. The van der Waals surface area contributed by atoms with Crippen molar-refractivity contribution >= 4 is 33.9 Å². The Labute approximate surface area is 352 Å². The molecule has 6 rings (SSSR count). The van der Waals surface area contributed by atoms with E-state index in [0.29, 0.717) is 48.7 Å². The molecule has 59 heavy (non-hydrogen) atoms. The smallest absolute Gasteiger partial charge is 0.342 e. The quantitative estimate of drug-likeness (QED) is 0.126. The molecule has 0 bridgehead atoms. The number of ether oxygens (including phenoxy) is 4. The van der Waals surface area contributed by atoms with E-state index in [9.17, 15) is 18.0 Å². The van der Waals surface area contributed by atoms with E-state index in [-0.39, 0.29) is 30.8 Å². The van der Waals surface area contributed by atoms with Crippen LogP contribution in [0.3, 0.4) is 0 Å². The summed E-state index contributed by atoms with van der Waals surface area (Å²) < 4.78 is 53.4. The van der Waals surface area contributed by atoms with Crippen LogP contribution >= 0.6 is 0 Å². The second kappa shape index (κ2) is 21.1. The lowest BCUT2D eigenvalue weighted by molar-refractivity contribution is 0.0509. The molecule has 0 fully saturated rings. The zero-order chi connectivity index (χ0) is 42.0. The molecule has 4 aromatic rings. The van der Waals surface area contributed by atoms with Crippen molar-refractivity contribution in [3.8, 4) is 11.5 Å². The van der Waals surface area contributed by atoms with Crippen LogP contribution < -0.4 is 18.9 Å². The zero-order valence-electron chi connectivity index (χ0n) is 35.2. The van der Waals surface area contributed by atoms with E-state index in [2.05, 4.69) is 19.4 Å². The van der Waals surface area contributed by atoms with Crippen molar-refractivity contribution < 1.29 is 42.4 Å². The van der Waals surface area contributed by atoms with E-state index in [4.69, 9.17) is 18.9 Å². The van der Waals surface area contributed by atoms with Gasteiger partial charge in [-0.25, -0.2) is 27.5 Å². The summed E-state index contributed by atoms with van der Waals surface area (Å²) in [5, 5.41) is 0. The number of fused-ring (bicyclic) bond motifs is 2. The molecule has 0 spiro atoms. The summed E-state index contributed by atoms with van der Waals surface area (Å²) in [4.78, 5) is 34.7. The Morgan fingerprint density at radius 3 is 1.32 bits per heavy atom. The van der Waals surface area contributed by atoms with Crippen molar-refractivity contribution in [2.24, 2.45) is 0 Å². The fraction of sp³-hybridized carbons (Fsp3) is 0.455. The Kier molecular flexibility index (Phi) is 16.9. The Morgan fingerprint density at radius 2 is 1.00 bits per heavy atom. The van der Waals surface area contributed by atoms with E-state index in [0.717, 1.165) is 46.5 Å². The third kappa shape index (κ3) is 12.3. The van der Waals surface area contributed by atoms with Crippen molar-refractivity contribution in [1.82, 2.24) is 19.4 Å². The van der Waals surface area contributed by atoms with Crippen molar-refractivity contribution in [3.63, 3.8) is 0 Å². The highest BCUT2D eigenvalue weighted by Gasteiger charge is 2.37. The van der Waals surface area contributed by atoms with Crippen molar-refractivity contribution in [2.75, 3.05) is 13.2 Å². The molecular formula is C44H58N4O9S2.